The molecule has 0 radical (unpaired) electrons. The number of benzene rings is 2. The van der Waals surface area contributed by atoms with Crippen LogP contribution in [0.15, 0.2) is 42.5 Å². The van der Waals surface area contributed by atoms with Gasteiger partial charge in [0.15, 0.2) is 11.5 Å². The van der Waals surface area contributed by atoms with Crippen molar-refractivity contribution in [2.24, 2.45) is 5.92 Å². The normalized spacial score (nSPS) is 18.6. The number of carbonyl (C=O) groups excluding carboxylic acids is 1. The van der Waals surface area contributed by atoms with Crippen LogP contribution >= 0.6 is 0 Å². The van der Waals surface area contributed by atoms with Crippen molar-refractivity contribution in [3.8, 4) is 11.5 Å². The average molecular weight is 392 g/mol. The van der Waals surface area contributed by atoms with Crippen molar-refractivity contribution in [1.29, 1.82) is 0 Å². The highest BCUT2D eigenvalue weighted by atomic mass is 16.6. The lowest BCUT2D eigenvalue weighted by atomic mass is 9.99. The quantitative estimate of drug-likeness (QED) is 0.801. The number of amides is 1. The van der Waals surface area contributed by atoms with Gasteiger partial charge in [0.25, 0.3) is 0 Å². The molecule has 152 valence electrons. The first-order valence-corrected chi connectivity index (χ1v) is 10.8. The fourth-order valence-corrected chi connectivity index (χ4v) is 4.84. The van der Waals surface area contributed by atoms with Crippen LogP contribution in [0.3, 0.4) is 0 Å². The van der Waals surface area contributed by atoms with Crippen molar-refractivity contribution in [3.63, 3.8) is 0 Å². The summed E-state index contributed by atoms with van der Waals surface area (Å²) >= 11 is 0. The summed E-state index contributed by atoms with van der Waals surface area (Å²) < 4.78 is 11.6. The molecule has 2 aliphatic heterocycles. The van der Waals surface area contributed by atoms with Crippen LogP contribution < -0.4 is 14.4 Å². The minimum Gasteiger partial charge on any atom is -0.486 e. The van der Waals surface area contributed by atoms with Crippen LogP contribution in [0.1, 0.15) is 24.0 Å². The van der Waals surface area contributed by atoms with Gasteiger partial charge in [0.1, 0.15) is 13.2 Å². The smallest absolute Gasteiger partial charge is 0.222 e. The van der Waals surface area contributed by atoms with E-state index in [0.717, 1.165) is 62.6 Å². The van der Waals surface area contributed by atoms with Crippen molar-refractivity contribution in [1.82, 2.24) is 4.90 Å². The summed E-state index contributed by atoms with van der Waals surface area (Å²) in [5.41, 5.74) is 4.02. The Labute approximate surface area is 172 Å². The van der Waals surface area contributed by atoms with Crippen molar-refractivity contribution >= 4 is 11.6 Å². The topological polar surface area (TPSA) is 42.0 Å². The maximum Gasteiger partial charge on any atom is 0.222 e. The Kier molecular flexibility index (Phi) is 5.04. The summed E-state index contributed by atoms with van der Waals surface area (Å²) in [7, 11) is 0. The summed E-state index contributed by atoms with van der Waals surface area (Å²) in [4.78, 5) is 17.1. The lowest BCUT2D eigenvalue weighted by Crippen LogP contribution is -2.49. The van der Waals surface area contributed by atoms with Crippen molar-refractivity contribution in [3.05, 3.63) is 53.6 Å². The Balaban J connectivity index is 1.13. The molecule has 29 heavy (non-hydrogen) atoms. The van der Waals surface area contributed by atoms with Gasteiger partial charge < -0.3 is 19.3 Å². The second-order valence-electron chi connectivity index (χ2n) is 8.25. The molecular weight excluding hydrogens is 364 g/mol. The third-order valence-corrected chi connectivity index (χ3v) is 6.42. The molecule has 5 heteroatoms. The van der Waals surface area contributed by atoms with Gasteiger partial charge in [-0.05, 0) is 48.4 Å². The van der Waals surface area contributed by atoms with Gasteiger partial charge in [0.05, 0.1) is 5.69 Å². The number of carbonyl (C=O) groups is 1. The van der Waals surface area contributed by atoms with Gasteiger partial charge >= 0.3 is 0 Å². The lowest BCUT2D eigenvalue weighted by molar-refractivity contribution is -0.131. The minimum atomic E-state index is 0.301. The van der Waals surface area contributed by atoms with E-state index in [-0.39, 0.29) is 0 Å². The van der Waals surface area contributed by atoms with E-state index in [1.54, 1.807) is 0 Å². The molecule has 5 nitrogen and oxygen atoms in total. The molecule has 1 fully saturated rings. The predicted octanol–water partition coefficient (Wildman–Crippen LogP) is 3.30. The molecule has 0 atom stereocenters. The van der Waals surface area contributed by atoms with E-state index in [2.05, 4.69) is 35.2 Å². The zero-order chi connectivity index (χ0) is 19.6. The summed E-state index contributed by atoms with van der Waals surface area (Å²) in [6.45, 7) is 4.40. The highest BCUT2D eigenvalue weighted by Gasteiger charge is 2.27. The molecule has 3 aliphatic rings. The Morgan fingerprint density at radius 2 is 1.62 bits per heavy atom. The van der Waals surface area contributed by atoms with Crippen molar-refractivity contribution in [2.75, 3.05) is 44.3 Å². The molecule has 2 aromatic carbocycles. The maximum atomic E-state index is 12.8. The number of hydrogen-bond acceptors (Lipinski definition) is 4. The average Bonchev–Trinajstić information content (AvgIpc) is 3.20. The molecule has 1 aliphatic carbocycles. The standard InChI is InChI=1S/C24H28N2O3/c27-23(9-8-18-16-19-4-1-2-5-20(19)17-18)26-12-10-25(11-13-26)21-6-3-7-22-24(21)29-15-14-28-22/h1-7,18H,8-17H2. The number of ether oxygens (including phenoxy) is 2. The van der Waals surface area contributed by atoms with Gasteiger partial charge in [-0.1, -0.05) is 30.3 Å². The third-order valence-electron chi connectivity index (χ3n) is 6.42. The summed E-state index contributed by atoms with van der Waals surface area (Å²) in [5.74, 6) is 2.59. The van der Waals surface area contributed by atoms with Crippen molar-refractivity contribution in [2.45, 2.75) is 25.7 Å². The van der Waals surface area contributed by atoms with Gasteiger partial charge in [-0.15, -0.1) is 0 Å². The zero-order valence-corrected chi connectivity index (χ0v) is 16.8. The molecule has 0 N–H and O–H groups in total. The van der Waals surface area contributed by atoms with Crippen LogP contribution in [0.25, 0.3) is 0 Å². The second-order valence-corrected chi connectivity index (χ2v) is 8.25. The number of fused-ring (bicyclic) bond motifs is 2. The van der Waals surface area contributed by atoms with Crippen LogP contribution in [0.2, 0.25) is 0 Å². The molecule has 0 saturated carbocycles. The van der Waals surface area contributed by atoms with E-state index in [1.807, 2.05) is 17.0 Å². The molecule has 2 aromatic rings. The van der Waals surface area contributed by atoms with Crippen LogP contribution in [0, 0.1) is 5.92 Å². The van der Waals surface area contributed by atoms with Crippen LogP contribution in [-0.2, 0) is 17.6 Å². The Morgan fingerprint density at radius 1 is 0.897 bits per heavy atom. The van der Waals surface area contributed by atoms with Gasteiger partial charge in [0, 0.05) is 32.6 Å². The van der Waals surface area contributed by atoms with Crippen LogP contribution in [0.4, 0.5) is 5.69 Å². The molecule has 5 rings (SSSR count). The molecule has 0 aromatic heterocycles. The first-order valence-electron chi connectivity index (χ1n) is 10.8. The first kappa shape index (κ1) is 18.3. The molecule has 1 amide bonds. The molecular formula is C24H28N2O3. The number of nitrogens with zero attached hydrogens (tertiary/aromatic N) is 2. The van der Waals surface area contributed by atoms with Gasteiger partial charge in [-0.3, -0.25) is 4.79 Å². The lowest BCUT2D eigenvalue weighted by Gasteiger charge is -2.37. The fourth-order valence-electron chi connectivity index (χ4n) is 4.84. The first-order chi connectivity index (χ1) is 14.3. The van der Waals surface area contributed by atoms with E-state index >= 15 is 0 Å². The highest BCUT2D eigenvalue weighted by molar-refractivity contribution is 5.76. The van der Waals surface area contributed by atoms with E-state index in [4.69, 9.17) is 9.47 Å². The molecule has 0 unspecified atom stereocenters. The number of para-hydroxylation sites is 1. The number of piperazine rings is 1. The monoisotopic (exact) mass is 392 g/mol. The van der Waals surface area contributed by atoms with E-state index in [0.29, 0.717) is 31.5 Å². The Hall–Kier alpha value is -2.69. The van der Waals surface area contributed by atoms with Crippen molar-refractivity contribution < 1.29 is 14.3 Å². The second kappa shape index (κ2) is 7.97. The van der Waals surface area contributed by atoms with Crippen LogP contribution in [-0.4, -0.2) is 50.2 Å². The fraction of sp³-hybridized carbons (Fsp3) is 0.458. The number of rotatable bonds is 4. The summed E-state index contributed by atoms with van der Waals surface area (Å²) in [5, 5.41) is 0. The third kappa shape index (κ3) is 3.78. The molecule has 2 heterocycles. The van der Waals surface area contributed by atoms with E-state index in [9.17, 15) is 4.79 Å². The molecule has 0 bridgehead atoms. The van der Waals surface area contributed by atoms with Crippen LogP contribution in [0.5, 0.6) is 11.5 Å². The predicted molar refractivity (Wildman–Crippen MR) is 113 cm³/mol. The molecule has 0 spiro atoms. The highest BCUT2D eigenvalue weighted by Crippen LogP contribution is 2.39. The van der Waals surface area contributed by atoms with Gasteiger partial charge in [-0.2, -0.15) is 0 Å². The minimum absolute atomic E-state index is 0.301. The molecule has 1 saturated heterocycles. The number of anilines is 1. The summed E-state index contributed by atoms with van der Waals surface area (Å²) in [6.07, 6.45) is 3.90. The largest absolute Gasteiger partial charge is 0.486 e. The summed E-state index contributed by atoms with van der Waals surface area (Å²) in [6, 6.07) is 14.8. The van der Waals surface area contributed by atoms with E-state index in [1.165, 1.54) is 11.1 Å². The van der Waals surface area contributed by atoms with E-state index < -0.39 is 0 Å². The maximum absolute atomic E-state index is 12.8. The zero-order valence-electron chi connectivity index (χ0n) is 16.8. The van der Waals surface area contributed by atoms with Gasteiger partial charge in [-0.25, -0.2) is 0 Å². The van der Waals surface area contributed by atoms with Gasteiger partial charge in [0.2, 0.25) is 5.91 Å². The number of hydrogen-bond donors (Lipinski definition) is 0. The Morgan fingerprint density at radius 3 is 2.38 bits per heavy atom. The SMILES string of the molecule is O=C(CCC1Cc2ccccc2C1)N1CCN(c2cccc3c2OCCO3)CC1. The Bertz CT molecular complexity index is 864.